The summed E-state index contributed by atoms with van der Waals surface area (Å²) in [5.74, 6) is 0.769. The maximum Gasteiger partial charge on any atom is 0.125 e. The van der Waals surface area contributed by atoms with Crippen LogP contribution in [-0.4, -0.2) is 24.4 Å². The van der Waals surface area contributed by atoms with E-state index in [9.17, 15) is 5.11 Å². The Hall–Kier alpha value is -1.06. The lowest BCUT2D eigenvalue weighted by molar-refractivity contribution is -0.0726. The molecule has 1 aromatic rings. The molecule has 0 amide bonds. The standard InChI is InChI=1S/C13H18O3/c1-2-3-8-15-12-9-16-11-7-5-4-6-10(11)13(12)14/h4-7,12-14H,2-3,8-9H2,1H3. The lowest BCUT2D eigenvalue weighted by Crippen LogP contribution is -2.33. The molecule has 0 saturated carbocycles. The molecule has 0 spiro atoms. The van der Waals surface area contributed by atoms with E-state index < -0.39 is 6.10 Å². The van der Waals surface area contributed by atoms with Gasteiger partial charge in [-0.25, -0.2) is 0 Å². The third-order valence-corrected chi connectivity index (χ3v) is 2.82. The molecule has 2 rings (SSSR count). The number of unbranched alkanes of at least 4 members (excludes halogenated alkanes) is 1. The van der Waals surface area contributed by atoms with Gasteiger partial charge in [-0.05, 0) is 12.5 Å². The van der Waals surface area contributed by atoms with Crippen LogP contribution in [0.4, 0.5) is 0 Å². The number of benzene rings is 1. The Balaban J connectivity index is 2.00. The second kappa shape index (κ2) is 5.32. The van der Waals surface area contributed by atoms with E-state index in [1.165, 1.54) is 0 Å². The molecule has 0 radical (unpaired) electrons. The summed E-state index contributed by atoms with van der Waals surface area (Å²) in [7, 11) is 0. The average molecular weight is 222 g/mol. The molecule has 2 atom stereocenters. The molecular weight excluding hydrogens is 204 g/mol. The Bertz CT molecular complexity index is 338. The molecule has 3 heteroatoms. The maximum atomic E-state index is 10.1. The predicted octanol–water partition coefficient (Wildman–Crippen LogP) is 2.30. The number of aliphatic hydroxyl groups excluding tert-OH is 1. The molecule has 0 aromatic heterocycles. The van der Waals surface area contributed by atoms with Gasteiger partial charge in [0.15, 0.2) is 0 Å². The molecule has 1 N–H and O–H groups in total. The van der Waals surface area contributed by atoms with Crippen molar-refractivity contribution < 1.29 is 14.6 Å². The van der Waals surface area contributed by atoms with E-state index in [0.717, 1.165) is 24.2 Å². The van der Waals surface area contributed by atoms with Gasteiger partial charge < -0.3 is 14.6 Å². The molecular formula is C13H18O3. The first-order valence-corrected chi connectivity index (χ1v) is 5.84. The van der Waals surface area contributed by atoms with E-state index in [2.05, 4.69) is 6.92 Å². The first kappa shape index (κ1) is 11.4. The summed E-state index contributed by atoms with van der Waals surface area (Å²) in [5.41, 5.74) is 0.829. The summed E-state index contributed by atoms with van der Waals surface area (Å²) in [6, 6.07) is 7.57. The molecule has 0 aliphatic carbocycles. The van der Waals surface area contributed by atoms with Gasteiger partial charge in [0.1, 0.15) is 24.6 Å². The monoisotopic (exact) mass is 222 g/mol. The molecule has 1 aliphatic rings. The van der Waals surface area contributed by atoms with Gasteiger partial charge in [0, 0.05) is 12.2 Å². The largest absolute Gasteiger partial charge is 0.490 e. The molecule has 0 fully saturated rings. The van der Waals surface area contributed by atoms with E-state index in [1.54, 1.807) is 0 Å². The highest BCUT2D eigenvalue weighted by Crippen LogP contribution is 2.32. The van der Waals surface area contributed by atoms with Gasteiger partial charge in [0.25, 0.3) is 0 Å². The van der Waals surface area contributed by atoms with Crippen molar-refractivity contribution in [3.8, 4) is 5.75 Å². The van der Waals surface area contributed by atoms with Crippen molar-refractivity contribution in [2.24, 2.45) is 0 Å². The number of aliphatic hydroxyl groups is 1. The van der Waals surface area contributed by atoms with Crippen LogP contribution in [0.1, 0.15) is 31.4 Å². The van der Waals surface area contributed by atoms with E-state index in [-0.39, 0.29) is 6.10 Å². The molecule has 1 heterocycles. The van der Waals surface area contributed by atoms with Crippen LogP contribution in [0.5, 0.6) is 5.75 Å². The van der Waals surface area contributed by atoms with Crippen molar-refractivity contribution in [2.75, 3.05) is 13.2 Å². The highest BCUT2D eigenvalue weighted by Gasteiger charge is 2.29. The molecule has 1 aliphatic heterocycles. The lowest BCUT2D eigenvalue weighted by Gasteiger charge is -2.30. The summed E-state index contributed by atoms with van der Waals surface area (Å²) in [6.45, 7) is 3.23. The number of ether oxygens (including phenoxy) is 2. The summed E-state index contributed by atoms with van der Waals surface area (Å²) >= 11 is 0. The molecule has 88 valence electrons. The predicted molar refractivity (Wildman–Crippen MR) is 61.5 cm³/mol. The summed E-state index contributed by atoms with van der Waals surface area (Å²) < 4.78 is 11.2. The summed E-state index contributed by atoms with van der Waals surface area (Å²) in [4.78, 5) is 0. The third-order valence-electron chi connectivity index (χ3n) is 2.82. The fourth-order valence-corrected chi connectivity index (χ4v) is 1.84. The van der Waals surface area contributed by atoms with Crippen LogP contribution in [0.15, 0.2) is 24.3 Å². The quantitative estimate of drug-likeness (QED) is 0.794. The normalized spacial score (nSPS) is 23.6. The van der Waals surface area contributed by atoms with Gasteiger partial charge in [-0.1, -0.05) is 31.5 Å². The van der Waals surface area contributed by atoms with Crippen LogP contribution < -0.4 is 4.74 Å². The van der Waals surface area contributed by atoms with Gasteiger partial charge in [-0.15, -0.1) is 0 Å². The van der Waals surface area contributed by atoms with E-state index in [4.69, 9.17) is 9.47 Å². The zero-order chi connectivity index (χ0) is 11.4. The van der Waals surface area contributed by atoms with Crippen LogP contribution in [0.25, 0.3) is 0 Å². The minimum absolute atomic E-state index is 0.235. The fraction of sp³-hybridized carbons (Fsp3) is 0.538. The van der Waals surface area contributed by atoms with Crippen LogP contribution in [0.3, 0.4) is 0 Å². The van der Waals surface area contributed by atoms with Crippen LogP contribution in [0.2, 0.25) is 0 Å². The van der Waals surface area contributed by atoms with Crippen molar-refractivity contribution in [3.05, 3.63) is 29.8 Å². The van der Waals surface area contributed by atoms with Gasteiger partial charge in [-0.3, -0.25) is 0 Å². The van der Waals surface area contributed by atoms with E-state index in [1.807, 2.05) is 24.3 Å². The van der Waals surface area contributed by atoms with E-state index >= 15 is 0 Å². The lowest BCUT2D eigenvalue weighted by atomic mass is 10.0. The molecule has 1 aromatic carbocycles. The van der Waals surface area contributed by atoms with Gasteiger partial charge in [0.2, 0.25) is 0 Å². The third kappa shape index (κ3) is 2.36. The number of hydrogen-bond donors (Lipinski definition) is 1. The van der Waals surface area contributed by atoms with Crippen LogP contribution in [0, 0.1) is 0 Å². The van der Waals surface area contributed by atoms with Gasteiger partial charge in [-0.2, -0.15) is 0 Å². The minimum atomic E-state index is -0.568. The molecule has 3 nitrogen and oxygen atoms in total. The smallest absolute Gasteiger partial charge is 0.125 e. The van der Waals surface area contributed by atoms with Gasteiger partial charge >= 0.3 is 0 Å². The molecule has 16 heavy (non-hydrogen) atoms. The van der Waals surface area contributed by atoms with Crippen molar-refractivity contribution in [1.82, 2.24) is 0 Å². The number of para-hydroxylation sites is 1. The minimum Gasteiger partial charge on any atom is -0.490 e. The number of hydrogen-bond acceptors (Lipinski definition) is 3. The van der Waals surface area contributed by atoms with Gasteiger partial charge in [0.05, 0.1) is 0 Å². The first-order valence-electron chi connectivity index (χ1n) is 5.84. The maximum absolute atomic E-state index is 10.1. The van der Waals surface area contributed by atoms with Crippen molar-refractivity contribution >= 4 is 0 Å². The Morgan fingerprint density at radius 1 is 1.44 bits per heavy atom. The SMILES string of the molecule is CCCCOC1COc2ccccc2C1O. The topological polar surface area (TPSA) is 38.7 Å². The van der Waals surface area contributed by atoms with Crippen LogP contribution >= 0.6 is 0 Å². The Kier molecular flexibility index (Phi) is 3.80. The highest BCUT2D eigenvalue weighted by molar-refractivity contribution is 5.37. The molecule has 2 unspecified atom stereocenters. The molecule has 0 bridgehead atoms. The Labute approximate surface area is 96.0 Å². The first-order chi connectivity index (χ1) is 7.83. The second-order valence-electron chi connectivity index (χ2n) is 4.06. The van der Waals surface area contributed by atoms with Crippen molar-refractivity contribution in [2.45, 2.75) is 32.0 Å². The summed E-state index contributed by atoms with van der Waals surface area (Å²) in [6.07, 6.45) is 1.31. The molecule has 0 saturated heterocycles. The zero-order valence-corrected chi connectivity index (χ0v) is 9.56. The zero-order valence-electron chi connectivity index (χ0n) is 9.56. The fourth-order valence-electron chi connectivity index (χ4n) is 1.84. The average Bonchev–Trinajstić information content (AvgIpc) is 2.33. The van der Waals surface area contributed by atoms with Crippen LogP contribution in [-0.2, 0) is 4.74 Å². The number of fused-ring (bicyclic) bond motifs is 1. The summed E-state index contributed by atoms with van der Waals surface area (Å²) in [5, 5.41) is 10.1. The Morgan fingerprint density at radius 2 is 2.25 bits per heavy atom. The van der Waals surface area contributed by atoms with Crippen molar-refractivity contribution in [3.63, 3.8) is 0 Å². The number of rotatable bonds is 4. The highest BCUT2D eigenvalue weighted by atomic mass is 16.5. The van der Waals surface area contributed by atoms with Crippen molar-refractivity contribution in [1.29, 1.82) is 0 Å². The second-order valence-corrected chi connectivity index (χ2v) is 4.06. The Morgan fingerprint density at radius 3 is 3.06 bits per heavy atom. The van der Waals surface area contributed by atoms with E-state index in [0.29, 0.717) is 13.2 Å².